The van der Waals surface area contributed by atoms with E-state index in [0.29, 0.717) is 0 Å². The third-order valence-electron chi connectivity index (χ3n) is 2.44. The molecule has 0 unspecified atom stereocenters. The van der Waals surface area contributed by atoms with E-state index >= 15 is 0 Å². The van der Waals surface area contributed by atoms with E-state index in [1.54, 1.807) is 20.8 Å². The second kappa shape index (κ2) is 5.11. The molecule has 0 spiro atoms. The Morgan fingerprint density at radius 3 is 2.21 bits per heavy atom. The molecule has 1 amide bonds. The predicted octanol–water partition coefficient (Wildman–Crippen LogP) is 2.42. The van der Waals surface area contributed by atoms with Crippen LogP contribution in [0.15, 0.2) is 0 Å². The van der Waals surface area contributed by atoms with Gasteiger partial charge in [0, 0.05) is 12.8 Å². The lowest BCUT2D eigenvalue weighted by Crippen LogP contribution is -2.67. The van der Waals surface area contributed by atoms with Crippen LogP contribution in [0, 0.1) is 0 Å². The summed E-state index contributed by atoms with van der Waals surface area (Å²) in [6.45, 7) is 4.85. The smallest absolute Gasteiger partial charge is 0.408 e. The van der Waals surface area contributed by atoms with Gasteiger partial charge in [-0.05, 0) is 20.8 Å². The van der Waals surface area contributed by atoms with E-state index in [1.807, 2.05) is 0 Å². The van der Waals surface area contributed by atoms with Gasteiger partial charge >= 0.3 is 12.1 Å². The predicted molar refractivity (Wildman–Crippen MR) is 63.1 cm³/mol. The van der Waals surface area contributed by atoms with Gasteiger partial charge in [-0.15, -0.1) is 0 Å². The number of hydrogen-bond acceptors (Lipinski definition) is 4. The van der Waals surface area contributed by atoms with E-state index in [-0.39, 0.29) is 0 Å². The highest BCUT2D eigenvalue weighted by molar-refractivity contribution is 6.17. The van der Waals surface area contributed by atoms with E-state index in [1.165, 1.54) is 0 Å². The van der Waals surface area contributed by atoms with Gasteiger partial charge in [0.2, 0.25) is 0 Å². The van der Waals surface area contributed by atoms with Crippen LogP contribution in [0.1, 0.15) is 33.6 Å². The number of ether oxygens (including phenoxy) is 2. The molecule has 1 saturated carbocycles. The van der Waals surface area contributed by atoms with Crippen LogP contribution in [0.2, 0.25) is 0 Å². The Labute approximate surface area is 114 Å². The summed E-state index contributed by atoms with van der Waals surface area (Å²) < 4.78 is 35.4. The van der Waals surface area contributed by atoms with Gasteiger partial charge in [0.25, 0.3) is 5.92 Å². The lowest BCUT2D eigenvalue weighted by molar-refractivity contribution is -0.180. The maximum atomic E-state index is 13.0. The van der Waals surface area contributed by atoms with Crippen LogP contribution in [0.4, 0.5) is 13.6 Å². The minimum atomic E-state index is -3.01. The van der Waals surface area contributed by atoms with Crippen molar-refractivity contribution in [3.05, 3.63) is 0 Å². The average Bonchev–Trinajstić information content (AvgIpc) is 2.11. The molecule has 0 aromatic heterocycles. The molecule has 1 rings (SSSR count). The van der Waals surface area contributed by atoms with E-state index in [2.05, 4.69) is 10.1 Å². The van der Waals surface area contributed by atoms with Crippen molar-refractivity contribution in [3.8, 4) is 0 Å². The fraction of sp³-hybridized carbons (Fsp3) is 0.818. The zero-order chi connectivity index (χ0) is 14.9. The normalized spacial score (nSPS) is 20.1. The van der Waals surface area contributed by atoms with Gasteiger partial charge in [-0.2, -0.15) is 0 Å². The minimum Gasteiger partial charge on any atom is -0.448 e. The zero-order valence-corrected chi connectivity index (χ0v) is 11.6. The largest absolute Gasteiger partial charge is 0.448 e. The quantitative estimate of drug-likeness (QED) is 0.642. The maximum Gasteiger partial charge on any atom is 0.408 e. The van der Waals surface area contributed by atoms with Gasteiger partial charge in [0.15, 0.2) is 11.6 Å². The Balaban J connectivity index is 2.72. The topological polar surface area (TPSA) is 64.6 Å². The lowest BCUT2D eigenvalue weighted by atomic mass is 9.73. The van der Waals surface area contributed by atoms with Crippen molar-refractivity contribution in [2.45, 2.75) is 50.7 Å². The summed E-state index contributed by atoms with van der Waals surface area (Å²) in [4.78, 5) is 23.2. The van der Waals surface area contributed by atoms with E-state index < -0.39 is 48.0 Å². The first kappa shape index (κ1) is 15.9. The van der Waals surface area contributed by atoms with Gasteiger partial charge in [-0.3, -0.25) is 0 Å². The second-order valence-corrected chi connectivity index (χ2v) is 5.68. The first-order valence-corrected chi connectivity index (χ1v) is 6.15. The van der Waals surface area contributed by atoms with Crippen LogP contribution >= 0.6 is 11.6 Å². The zero-order valence-electron chi connectivity index (χ0n) is 10.9. The van der Waals surface area contributed by atoms with Crippen molar-refractivity contribution < 1.29 is 27.8 Å². The molecule has 1 aliphatic carbocycles. The molecule has 0 aromatic carbocycles. The molecule has 0 heterocycles. The highest BCUT2D eigenvalue weighted by atomic mass is 35.5. The molecule has 19 heavy (non-hydrogen) atoms. The SMILES string of the molecule is CC(C)(C)OC(=O)NC1(C(=O)OCCl)CC(F)(F)C1. The van der Waals surface area contributed by atoms with Crippen LogP contribution in [-0.4, -0.2) is 35.2 Å². The molecule has 0 radical (unpaired) electrons. The number of rotatable bonds is 3. The van der Waals surface area contributed by atoms with E-state index in [4.69, 9.17) is 16.3 Å². The fourth-order valence-electron chi connectivity index (χ4n) is 1.80. The number of carbonyl (C=O) groups is 2. The number of amides is 1. The molecular weight excluding hydrogens is 284 g/mol. The summed E-state index contributed by atoms with van der Waals surface area (Å²) in [5.74, 6) is -4.00. The number of hydrogen-bond donors (Lipinski definition) is 1. The average molecular weight is 300 g/mol. The Morgan fingerprint density at radius 2 is 1.84 bits per heavy atom. The number of nitrogens with one attached hydrogen (secondary N) is 1. The van der Waals surface area contributed by atoms with Crippen LogP contribution in [0.25, 0.3) is 0 Å². The van der Waals surface area contributed by atoms with Gasteiger partial charge in [-0.25, -0.2) is 18.4 Å². The molecule has 0 aromatic rings. The van der Waals surface area contributed by atoms with Crippen LogP contribution in [0.5, 0.6) is 0 Å². The molecule has 5 nitrogen and oxygen atoms in total. The maximum absolute atomic E-state index is 13.0. The summed E-state index contributed by atoms with van der Waals surface area (Å²) >= 11 is 5.22. The summed E-state index contributed by atoms with van der Waals surface area (Å²) in [5.41, 5.74) is -2.56. The number of alkyl carbamates (subject to hydrolysis) is 1. The number of alkyl halides is 3. The summed E-state index contributed by atoms with van der Waals surface area (Å²) in [5, 5.41) is 2.15. The van der Waals surface area contributed by atoms with Gasteiger partial charge in [0.05, 0.1) is 0 Å². The standard InChI is InChI=1S/C11H16ClF2NO4/c1-9(2,3)19-8(17)15-10(7(16)18-6-12)4-11(13,14)5-10/h4-6H2,1-3H3,(H,15,17). The lowest BCUT2D eigenvalue weighted by Gasteiger charge is -2.44. The van der Waals surface area contributed by atoms with E-state index in [9.17, 15) is 18.4 Å². The van der Waals surface area contributed by atoms with Crippen LogP contribution in [0.3, 0.4) is 0 Å². The first-order valence-electron chi connectivity index (χ1n) is 5.62. The Morgan fingerprint density at radius 1 is 1.32 bits per heavy atom. The highest BCUT2D eigenvalue weighted by Crippen LogP contribution is 2.46. The number of halogens is 3. The fourth-order valence-corrected chi connectivity index (χ4v) is 1.90. The number of carbonyl (C=O) groups excluding carboxylic acids is 2. The molecule has 1 N–H and O–H groups in total. The highest BCUT2D eigenvalue weighted by Gasteiger charge is 2.63. The molecule has 0 bridgehead atoms. The molecule has 8 heteroatoms. The summed E-state index contributed by atoms with van der Waals surface area (Å²) in [7, 11) is 0. The third kappa shape index (κ3) is 4.19. The molecule has 0 aliphatic heterocycles. The molecule has 110 valence electrons. The Hall–Kier alpha value is -1.11. The Kier molecular flexibility index (Phi) is 4.29. The summed E-state index contributed by atoms with van der Waals surface area (Å²) in [6.07, 6.45) is -2.60. The van der Waals surface area contributed by atoms with Crippen molar-refractivity contribution >= 4 is 23.7 Å². The monoisotopic (exact) mass is 299 g/mol. The molecule has 1 aliphatic rings. The molecule has 0 saturated heterocycles. The van der Waals surface area contributed by atoms with Crippen molar-refractivity contribution in [2.75, 3.05) is 6.07 Å². The van der Waals surface area contributed by atoms with Crippen molar-refractivity contribution in [2.24, 2.45) is 0 Å². The molecule has 1 fully saturated rings. The third-order valence-corrected chi connectivity index (χ3v) is 2.55. The summed E-state index contributed by atoms with van der Waals surface area (Å²) in [6, 6.07) is -0.470. The van der Waals surface area contributed by atoms with Gasteiger partial charge in [0.1, 0.15) is 5.60 Å². The van der Waals surface area contributed by atoms with Gasteiger partial charge in [-0.1, -0.05) is 11.6 Å². The van der Waals surface area contributed by atoms with Gasteiger partial charge < -0.3 is 14.8 Å². The van der Waals surface area contributed by atoms with E-state index in [0.717, 1.165) is 0 Å². The van der Waals surface area contributed by atoms with Crippen LogP contribution < -0.4 is 5.32 Å². The van der Waals surface area contributed by atoms with Crippen molar-refractivity contribution in [3.63, 3.8) is 0 Å². The van der Waals surface area contributed by atoms with Crippen molar-refractivity contribution in [1.29, 1.82) is 0 Å². The molecular formula is C11H16ClF2NO4. The second-order valence-electron chi connectivity index (χ2n) is 5.46. The Bertz CT molecular complexity index is 373. The van der Waals surface area contributed by atoms with Crippen molar-refractivity contribution in [1.82, 2.24) is 5.32 Å². The minimum absolute atomic E-state index is 0.470. The van der Waals surface area contributed by atoms with Crippen LogP contribution in [-0.2, 0) is 14.3 Å². The first-order chi connectivity index (χ1) is 8.50. The molecule has 0 atom stereocenters. The number of esters is 1.